The van der Waals surface area contributed by atoms with Crippen LogP contribution in [0.3, 0.4) is 0 Å². The van der Waals surface area contributed by atoms with Gasteiger partial charge in [0.25, 0.3) is 0 Å². The Balaban J connectivity index is 1.80. The third kappa shape index (κ3) is 4.78. The maximum absolute atomic E-state index is 12.4. The Morgan fingerprint density at radius 1 is 0.966 bits per heavy atom. The molecule has 1 N–H and O–H groups in total. The number of halogens is 4. The molecule has 0 saturated carbocycles. The van der Waals surface area contributed by atoms with Gasteiger partial charge in [0.15, 0.2) is 6.29 Å². The largest absolute Gasteiger partial charge is 0.573 e. The number of rotatable bonds is 5. The first kappa shape index (κ1) is 20.5. The lowest BCUT2D eigenvalue weighted by molar-refractivity contribution is -0.274. The van der Waals surface area contributed by atoms with E-state index >= 15 is 0 Å². The van der Waals surface area contributed by atoms with Gasteiger partial charge in [-0.3, -0.25) is 9.59 Å². The maximum Gasteiger partial charge on any atom is 0.573 e. The monoisotopic (exact) mass is 423 g/mol. The lowest BCUT2D eigenvalue weighted by Gasteiger charge is -2.11. The van der Waals surface area contributed by atoms with Crippen LogP contribution >= 0.6 is 11.6 Å². The molecule has 0 atom stereocenters. The molecule has 0 aliphatic heterocycles. The molecule has 1 heterocycles. The van der Waals surface area contributed by atoms with Crippen LogP contribution in [0.1, 0.15) is 16.2 Å². The van der Waals surface area contributed by atoms with E-state index < -0.39 is 11.8 Å². The minimum atomic E-state index is -4.76. The minimum Gasteiger partial charge on any atom is -0.457 e. The number of H-pyrrole nitrogens is 1. The van der Waals surface area contributed by atoms with Gasteiger partial charge in [0.2, 0.25) is 5.43 Å². The number of pyridine rings is 1. The summed E-state index contributed by atoms with van der Waals surface area (Å²) in [5.74, 6) is 0.355. The Morgan fingerprint density at radius 2 is 1.48 bits per heavy atom. The normalized spacial score (nSPS) is 11.2. The summed E-state index contributed by atoms with van der Waals surface area (Å²) in [5, 5.41) is -0.193. The van der Waals surface area contributed by atoms with Gasteiger partial charge in [-0.25, -0.2) is 0 Å². The second-order valence-electron chi connectivity index (χ2n) is 5.95. The van der Waals surface area contributed by atoms with Crippen LogP contribution in [0.4, 0.5) is 13.2 Å². The molecule has 0 spiro atoms. The second-order valence-corrected chi connectivity index (χ2v) is 6.32. The molecule has 5 nitrogen and oxygen atoms in total. The number of carbonyl (C=O) groups is 1. The Labute approximate surface area is 167 Å². The molecule has 3 aromatic rings. The van der Waals surface area contributed by atoms with Gasteiger partial charge in [-0.2, -0.15) is 0 Å². The van der Waals surface area contributed by atoms with E-state index in [9.17, 15) is 22.8 Å². The number of nitrogens with one attached hydrogen (secondary N) is 1. The predicted molar refractivity (Wildman–Crippen MR) is 101 cm³/mol. The van der Waals surface area contributed by atoms with E-state index in [0.29, 0.717) is 34.6 Å². The van der Waals surface area contributed by atoms with Crippen molar-refractivity contribution in [2.45, 2.75) is 13.3 Å². The molecule has 1 aromatic heterocycles. The van der Waals surface area contributed by atoms with Gasteiger partial charge in [0, 0.05) is 11.3 Å². The van der Waals surface area contributed by atoms with E-state index in [1.54, 1.807) is 31.2 Å². The molecule has 3 rings (SSSR count). The van der Waals surface area contributed by atoms with Gasteiger partial charge < -0.3 is 14.5 Å². The molecule has 29 heavy (non-hydrogen) atoms. The summed E-state index contributed by atoms with van der Waals surface area (Å²) in [5.41, 5.74) is 0.898. The maximum atomic E-state index is 12.4. The van der Waals surface area contributed by atoms with Crippen LogP contribution in [-0.4, -0.2) is 17.6 Å². The SMILES string of the molecule is Cc1[nH]c(C=O)c(Cl)c(=O)c1-c1ccc(Oc2ccc(OC(F)(F)F)cc2)cc1. The minimum absolute atomic E-state index is 0.0100. The summed E-state index contributed by atoms with van der Waals surface area (Å²) in [6.07, 6.45) is -4.29. The summed E-state index contributed by atoms with van der Waals surface area (Å²) in [4.78, 5) is 26.2. The van der Waals surface area contributed by atoms with Crippen molar-refractivity contribution in [3.8, 4) is 28.4 Å². The fourth-order valence-electron chi connectivity index (χ4n) is 2.69. The van der Waals surface area contributed by atoms with Crippen molar-refractivity contribution in [3.05, 3.63) is 75.2 Å². The Kier molecular flexibility index (Phi) is 5.65. The zero-order valence-electron chi connectivity index (χ0n) is 14.8. The molecule has 9 heteroatoms. The first-order valence-electron chi connectivity index (χ1n) is 8.19. The Morgan fingerprint density at radius 3 is 2.00 bits per heavy atom. The summed E-state index contributed by atoms with van der Waals surface area (Å²) in [6, 6.07) is 11.4. The van der Waals surface area contributed by atoms with Gasteiger partial charge >= 0.3 is 6.36 Å². The van der Waals surface area contributed by atoms with Crippen LogP contribution in [0.15, 0.2) is 53.3 Å². The standard InChI is InChI=1S/C20H13ClF3NO4/c1-11-17(19(27)18(21)16(10-26)25-11)12-2-4-13(5-3-12)28-14-6-8-15(9-7-14)29-20(22,23)24/h2-10H,1H3,(H,25,27). The lowest BCUT2D eigenvalue weighted by atomic mass is 10.0. The first-order chi connectivity index (χ1) is 13.7. The van der Waals surface area contributed by atoms with Crippen molar-refractivity contribution >= 4 is 17.9 Å². The van der Waals surface area contributed by atoms with Crippen LogP contribution in [0.5, 0.6) is 17.2 Å². The van der Waals surface area contributed by atoms with Crippen LogP contribution in [0.25, 0.3) is 11.1 Å². The zero-order valence-corrected chi connectivity index (χ0v) is 15.6. The summed E-state index contributed by atoms with van der Waals surface area (Å²) >= 11 is 5.93. The van der Waals surface area contributed by atoms with Crippen molar-refractivity contribution in [3.63, 3.8) is 0 Å². The quantitative estimate of drug-likeness (QED) is 0.550. The van der Waals surface area contributed by atoms with Crippen LogP contribution in [-0.2, 0) is 0 Å². The van der Waals surface area contributed by atoms with Crippen molar-refractivity contribution in [1.82, 2.24) is 4.98 Å². The average Bonchev–Trinajstić information content (AvgIpc) is 2.66. The fourth-order valence-corrected chi connectivity index (χ4v) is 2.87. The van der Waals surface area contributed by atoms with Gasteiger partial charge in [-0.15, -0.1) is 13.2 Å². The van der Waals surface area contributed by atoms with Crippen LogP contribution in [0, 0.1) is 6.92 Å². The van der Waals surface area contributed by atoms with E-state index in [0.717, 1.165) is 12.1 Å². The van der Waals surface area contributed by atoms with Crippen molar-refractivity contribution in [2.75, 3.05) is 0 Å². The number of aromatic amines is 1. The van der Waals surface area contributed by atoms with Crippen molar-refractivity contribution in [2.24, 2.45) is 0 Å². The highest BCUT2D eigenvalue weighted by molar-refractivity contribution is 6.32. The van der Waals surface area contributed by atoms with Gasteiger partial charge in [-0.05, 0) is 48.9 Å². The molecule has 0 aliphatic rings. The number of hydrogen-bond acceptors (Lipinski definition) is 4. The van der Waals surface area contributed by atoms with Crippen molar-refractivity contribution < 1.29 is 27.4 Å². The summed E-state index contributed by atoms with van der Waals surface area (Å²) < 4.78 is 45.9. The zero-order chi connectivity index (χ0) is 21.2. The van der Waals surface area contributed by atoms with E-state index in [4.69, 9.17) is 16.3 Å². The highest BCUT2D eigenvalue weighted by Crippen LogP contribution is 2.29. The molecule has 0 saturated heterocycles. The highest BCUT2D eigenvalue weighted by atomic mass is 35.5. The number of alkyl halides is 3. The Bertz CT molecular complexity index is 1090. The second kappa shape index (κ2) is 8.00. The van der Waals surface area contributed by atoms with Crippen molar-refractivity contribution in [1.29, 1.82) is 0 Å². The smallest absolute Gasteiger partial charge is 0.457 e. The van der Waals surface area contributed by atoms with E-state index in [1.165, 1.54) is 12.1 Å². The van der Waals surface area contributed by atoms with Gasteiger partial charge in [0.05, 0.1) is 0 Å². The number of aryl methyl sites for hydroxylation is 1. The summed E-state index contributed by atoms with van der Waals surface area (Å²) in [7, 11) is 0. The molecule has 0 fully saturated rings. The number of aromatic nitrogens is 1. The number of aldehydes is 1. The Hall–Kier alpha value is -3.26. The average molecular weight is 424 g/mol. The van der Waals surface area contributed by atoms with E-state index in [-0.39, 0.29) is 16.5 Å². The molecular formula is C20H13ClF3NO4. The predicted octanol–water partition coefficient (Wildman–Crippen LogP) is 5.51. The lowest BCUT2D eigenvalue weighted by Crippen LogP contribution is -2.16. The van der Waals surface area contributed by atoms with Crippen LogP contribution in [0.2, 0.25) is 5.02 Å². The van der Waals surface area contributed by atoms with E-state index in [1.807, 2.05) is 0 Å². The molecule has 2 aromatic carbocycles. The number of benzene rings is 2. The molecule has 150 valence electrons. The first-order valence-corrected chi connectivity index (χ1v) is 8.57. The molecule has 0 radical (unpaired) electrons. The third-order valence-electron chi connectivity index (χ3n) is 3.91. The molecule has 0 amide bonds. The number of hydrogen-bond donors (Lipinski definition) is 1. The van der Waals surface area contributed by atoms with Crippen LogP contribution < -0.4 is 14.9 Å². The number of ether oxygens (including phenoxy) is 2. The third-order valence-corrected chi connectivity index (χ3v) is 4.29. The van der Waals surface area contributed by atoms with Gasteiger partial charge in [0.1, 0.15) is 28.0 Å². The fraction of sp³-hybridized carbons (Fsp3) is 0.100. The summed E-state index contributed by atoms with van der Waals surface area (Å²) in [6.45, 7) is 1.65. The topological polar surface area (TPSA) is 68.4 Å². The molecule has 0 unspecified atom stereocenters. The molecular weight excluding hydrogens is 411 g/mol. The molecule has 0 aliphatic carbocycles. The van der Waals surface area contributed by atoms with E-state index in [2.05, 4.69) is 9.72 Å². The van der Waals surface area contributed by atoms with Gasteiger partial charge in [-0.1, -0.05) is 23.7 Å². The highest BCUT2D eigenvalue weighted by Gasteiger charge is 2.31. The number of carbonyl (C=O) groups excluding carboxylic acids is 1. The molecule has 0 bridgehead atoms.